The number of hydrogen-bond acceptors (Lipinski definition) is 2. The lowest BCUT2D eigenvalue weighted by atomic mass is 10.2. The van der Waals surface area contributed by atoms with Gasteiger partial charge < -0.3 is 4.57 Å². The van der Waals surface area contributed by atoms with Crippen molar-refractivity contribution in [3.05, 3.63) is 58.5 Å². The monoisotopic (exact) mass is 255 g/mol. The van der Waals surface area contributed by atoms with Crippen molar-refractivity contribution >= 4 is 21.4 Å². The topological polar surface area (TPSA) is 22.0 Å². The Kier molecular flexibility index (Phi) is 2.56. The van der Waals surface area contributed by atoms with Crippen LogP contribution in [-0.4, -0.2) is 4.57 Å². The molecule has 0 radical (unpaired) electrons. The molecule has 0 amide bonds. The van der Waals surface area contributed by atoms with Crippen molar-refractivity contribution in [1.29, 1.82) is 0 Å². The highest BCUT2D eigenvalue weighted by atomic mass is 32.1. The Morgan fingerprint density at radius 3 is 2.56 bits per heavy atom. The molecule has 0 fully saturated rings. The van der Waals surface area contributed by atoms with Gasteiger partial charge in [0.05, 0.1) is 5.39 Å². The van der Waals surface area contributed by atoms with Crippen LogP contribution < -0.4 is 5.56 Å². The second-order valence-electron chi connectivity index (χ2n) is 4.40. The summed E-state index contributed by atoms with van der Waals surface area (Å²) in [7, 11) is 1.82. The molecule has 0 spiro atoms. The molecule has 1 aromatic carbocycles. The highest BCUT2D eigenvalue weighted by Gasteiger charge is 2.09. The van der Waals surface area contributed by atoms with E-state index in [1.807, 2.05) is 38.2 Å². The average Bonchev–Trinajstić information content (AvgIpc) is 2.81. The first-order valence-electron chi connectivity index (χ1n) is 5.82. The van der Waals surface area contributed by atoms with Crippen molar-refractivity contribution in [2.24, 2.45) is 7.05 Å². The van der Waals surface area contributed by atoms with E-state index in [9.17, 15) is 4.79 Å². The Hall–Kier alpha value is -1.87. The van der Waals surface area contributed by atoms with Crippen LogP contribution in [0, 0.1) is 6.92 Å². The van der Waals surface area contributed by atoms with E-state index in [0.717, 1.165) is 20.7 Å². The predicted molar refractivity (Wildman–Crippen MR) is 77.2 cm³/mol. The molecule has 3 heteroatoms. The van der Waals surface area contributed by atoms with Crippen LogP contribution in [0.15, 0.2) is 47.3 Å². The molecule has 0 aliphatic heterocycles. The minimum Gasteiger partial charge on any atom is -0.315 e. The molecule has 0 aliphatic rings. The summed E-state index contributed by atoms with van der Waals surface area (Å²) in [6.45, 7) is 1.96. The molecule has 0 saturated heterocycles. The number of aromatic nitrogens is 1. The van der Waals surface area contributed by atoms with Crippen molar-refractivity contribution in [3.8, 4) is 10.4 Å². The van der Waals surface area contributed by atoms with Crippen LogP contribution in [0.1, 0.15) is 5.69 Å². The summed E-state index contributed by atoms with van der Waals surface area (Å²) >= 11 is 1.67. The highest BCUT2D eigenvalue weighted by Crippen LogP contribution is 2.32. The average molecular weight is 255 g/mol. The molecular formula is C15H13NOS. The fraction of sp³-hybridized carbons (Fsp3) is 0.133. The number of fused-ring (bicyclic) bond motifs is 1. The van der Waals surface area contributed by atoms with Crippen LogP contribution in [0.25, 0.3) is 20.5 Å². The Labute approximate surface area is 109 Å². The number of rotatable bonds is 1. The summed E-state index contributed by atoms with van der Waals surface area (Å²) in [5.41, 5.74) is 2.25. The summed E-state index contributed by atoms with van der Waals surface area (Å²) in [6, 6.07) is 14.3. The fourth-order valence-corrected chi connectivity index (χ4v) is 3.20. The first-order valence-corrected chi connectivity index (χ1v) is 6.64. The van der Waals surface area contributed by atoms with Gasteiger partial charge in [-0.15, -0.1) is 11.3 Å². The van der Waals surface area contributed by atoms with E-state index in [1.165, 1.54) is 5.56 Å². The predicted octanol–water partition coefficient (Wildman–Crippen LogP) is 3.58. The molecule has 0 unspecified atom stereocenters. The number of aryl methyl sites for hydroxylation is 1. The third-order valence-electron chi connectivity index (χ3n) is 3.22. The van der Waals surface area contributed by atoms with Gasteiger partial charge in [0.1, 0.15) is 0 Å². The molecule has 3 rings (SSSR count). The van der Waals surface area contributed by atoms with E-state index in [-0.39, 0.29) is 5.56 Å². The van der Waals surface area contributed by atoms with E-state index < -0.39 is 0 Å². The highest BCUT2D eigenvalue weighted by molar-refractivity contribution is 7.22. The number of pyridine rings is 1. The number of benzene rings is 1. The van der Waals surface area contributed by atoms with E-state index >= 15 is 0 Å². The SMILES string of the molecule is Cc1cc2sc(-c3ccccc3)cc2c(=O)n1C. The second kappa shape index (κ2) is 4.10. The molecule has 2 heterocycles. The minimum atomic E-state index is 0.0865. The molecule has 3 aromatic rings. The largest absolute Gasteiger partial charge is 0.315 e. The number of thiophene rings is 1. The number of hydrogen-bond donors (Lipinski definition) is 0. The lowest BCUT2D eigenvalue weighted by Gasteiger charge is -2.01. The van der Waals surface area contributed by atoms with Gasteiger partial charge in [0.2, 0.25) is 0 Å². The molecule has 18 heavy (non-hydrogen) atoms. The van der Waals surface area contributed by atoms with Crippen LogP contribution in [0.2, 0.25) is 0 Å². The molecule has 0 bridgehead atoms. The standard InChI is InChI=1S/C15H13NOS/c1-10-8-14-12(15(17)16(10)2)9-13(18-14)11-6-4-3-5-7-11/h3-9H,1-2H3. The quantitative estimate of drug-likeness (QED) is 0.651. The van der Waals surface area contributed by atoms with Crippen LogP contribution in [0.4, 0.5) is 0 Å². The Morgan fingerprint density at radius 1 is 1.11 bits per heavy atom. The maximum absolute atomic E-state index is 12.2. The van der Waals surface area contributed by atoms with Gasteiger partial charge in [0.15, 0.2) is 0 Å². The number of nitrogens with zero attached hydrogens (tertiary/aromatic N) is 1. The summed E-state index contributed by atoms with van der Waals surface area (Å²) in [5.74, 6) is 0. The molecule has 2 nitrogen and oxygen atoms in total. The molecule has 0 saturated carbocycles. The molecule has 2 aromatic heterocycles. The zero-order valence-electron chi connectivity index (χ0n) is 10.3. The van der Waals surface area contributed by atoms with Crippen LogP contribution in [-0.2, 0) is 7.05 Å². The fourth-order valence-electron chi connectivity index (χ4n) is 2.05. The summed E-state index contributed by atoms with van der Waals surface area (Å²) in [4.78, 5) is 13.3. The summed E-state index contributed by atoms with van der Waals surface area (Å²) in [6.07, 6.45) is 0. The van der Waals surface area contributed by atoms with Crippen LogP contribution >= 0.6 is 11.3 Å². The second-order valence-corrected chi connectivity index (χ2v) is 5.49. The van der Waals surface area contributed by atoms with E-state index in [1.54, 1.807) is 15.9 Å². The van der Waals surface area contributed by atoms with Crippen molar-refractivity contribution in [3.63, 3.8) is 0 Å². The van der Waals surface area contributed by atoms with Gasteiger partial charge in [0, 0.05) is 22.3 Å². The van der Waals surface area contributed by atoms with Crippen molar-refractivity contribution in [2.75, 3.05) is 0 Å². The zero-order chi connectivity index (χ0) is 12.7. The molecule has 0 aliphatic carbocycles. The summed E-state index contributed by atoms with van der Waals surface area (Å²) in [5, 5.41) is 0.812. The van der Waals surface area contributed by atoms with E-state index in [0.29, 0.717) is 0 Å². The van der Waals surface area contributed by atoms with Gasteiger partial charge in [-0.1, -0.05) is 30.3 Å². The van der Waals surface area contributed by atoms with E-state index in [4.69, 9.17) is 0 Å². The maximum atomic E-state index is 12.2. The Balaban J connectivity index is 2.30. The Morgan fingerprint density at radius 2 is 1.83 bits per heavy atom. The zero-order valence-corrected chi connectivity index (χ0v) is 11.1. The third kappa shape index (κ3) is 1.68. The first kappa shape index (κ1) is 11.2. The van der Waals surface area contributed by atoms with Crippen molar-refractivity contribution in [1.82, 2.24) is 4.57 Å². The van der Waals surface area contributed by atoms with Gasteiger partial charge in [-0.25, -0.2) is 0 Å². The van der Waals surface area contributed by atoms with Gasteiger partial charge in [-0.2, -0.15) is 0 Å². The van der Waals surface area contributed by atoms with E-state index in [2.05, 4.69) is 18.2 Å². The molecule has 0 atom stereocenters. The van der Waals surface area contributed by atoms with Gasteiger partial charge >= 0.3 is 0 Å². The minimum absolute atomic E-state index is 0.0865. The van der Waals surface area contributed by atoms with Crippen LogP contribution in [0.3, 0.4) is 0 Å². The van der Waals surface area contributed by atoms with Crippen molar-refractivity contribution < 1.29 is 0 Å². The summed E-state index contributed by atoms with van der Waals surface area (Å²) < 4.78 is 2.76. The molecule has 0 N–H and O–H groups in total. The molecule has 90 valence electrons. The first-order chi connectivity index (χ1) is 8.66. The molecular weight excluding hydrogens is 242 g/mol. The lowest BCUT2D eigenvalue weighted by Crippen LogP contribution is -2.17. The van der Waals surface area contributed by atoms with Gasteiger partial charge in [-0.3, -0.25) is 4.79 Å². The maximum Gasteiger partial charge on any atom is 0.259 e. The van der Waals surface area contributed by atoms with Crippen molar-refractivity contribution in [2.45, 2.75) is 6.92 Å². The lowest BCUT2D eigenvalue weighted by molar-refractivity contribution is 0.831. The smallest absolute Gasteiger partial charge is 0.259 e. The Bertz CT molecular complexity index is 768. The van der Waals surface area contributed by atoms with Gasteiger partial charge in [0.25, 0.3) is 5.56 Å². The third-order valence-corrected chi connectivity index (χ3v) is 4.35. The van der Waals surface area contributed by atoms with Gasteiger partial charge in [-0.05, 0) is 24.6 Å². The van der Waals surface area contributed by atoms with Crippen LogP contribution in [0.5, 0.6) is 0 Å². The normalized spacial score (nSPS) is 11.0.